The zero-order valence-corrected chi connectivity index (χ0v) is 19.7. The van der Waals surface area contributed by atoms with Crippen molar-refractivity contribution in [3.05, 3.63) is 84.4 Å². The van der Waals surface area contributed by atoms with E-state index in [1.807, 2.05) is 0 Å². The molecule has 2 N–H and O–H groups in total. The molecule has 0 atom stereocenters. The molecule has 0 spiro atoms. The summed E-state index contributed by atoms with van der Waals surface area (Å²) in [5, 5.41) is 2.70. The number of nitrogens with one attached hydrogen (secondary N) is 2. The van der Waals surface area contributed by atoms with E-state index >= 15 is 0 Å². The molecule has 0 aliphatic carbocycles. The number of carbonyl (C=O) groups is 1. The second-order valence-electron chi connectivity index (χ2n) is 7.49. The van der Waals surface area contributed by atoms with Crippen LogP contribution in [0.25, 0.3) is 0 Å². The van der Waals surface area contributed by atoms with Crippen LogP contribution < -0.4 is 10.0 Å². The lowest BCUT2D eigenvalue weighted by Crippen LogP contribution is -2.40. The van der Waals surface area contributed by atoms with Gasteiger partial charge in [0.15, 0.2) is 0 Å². The van der Waals surface area contributed by atoms with Crippen LogP contribution in [-0.2, 0) is 24.8 Å². The van der Waals surface area contributed by atoms with Crippen molar-refractivity contribution in [3.8, 4) is 0 Å². The third-order valence-electron chi connectivity index (χ3n) is 5.17. The Labute approximate surface area is 198 Å². The molecule has 3 aromatic rings. The molecule has 0 bridgehead atoms. The molecule has 0 radical (unpaired) electrons. The van der Waals surface area contributed by atoms with Gasteiger partial charge in [-0.25, -0.2) is 16.8 Å². The summed E-state index contributed by atoms with van der Waals surface area (Å²) in [6.45, 7) is 1.33. The summed E-state index contributed by atoms with van der Waals surface area (Å²) in [6.07, 6.45) is 0. The van der Waals surface area contributed by atoms with E-state index in [0.717, 1.165) is 0 Å². The Hall–Kier alpha value is -3.25. The topological polar surface area (TPSA) is 122 Å². The van der Waals surface area contributed by atoms with E-state index in [2.05, 4.69) is 10.0 Å². The lowest BCUT2D eigenvalue weighted by atomic mass is 10.2. The fourth-order valence-electron chi connectivity index (χ4n) is 3.35. The molecule has 0 unspecified atom stereocenters. The number of morpholine rings is 1. The average molecular weight is 502 g/mol. The Morgan fingerprint density at radius 2 is 1.32 bits per heavy atom. The van der Waals surface area contributed by atoms with Crippen molar-refractivity contribution in [2.24, 2.45) is 0 Å². The minimum Gasteiger partial charge on any atom is -0.379 e. The van der Waals surface area contributed by atoms with Crippen molar-refractivity contribution < 1.29 is 26.4 Å². The third-order valence-corrected chi connectivity index (χ3v) is 8.48. The number of sulfonamides is 2. The zero-order valence-electron chi connectivity index (χ0n) is 18.0. The average Bonchev–Trinajstić information content (AvgIpc) is 2.86. The van der Waals surface area contributed by atoms with Gasteiger partial charge in [0.2, 0.25) is 10.0 Å². The number of nitrogens with zero attached hydrogens (tertiary/aromatic N) is 1. The standard InChI is InChI=1S/C23H23N3O6S2/c27-23(18-6-8-20(9-7-18)25-33(28,29)21-4-2-1-3-5-21)24-19-10-12-22(13-11-19)34(30,31)26-14-16-32-17-15-26/h1-13,25H,14-17H2,(H,24,27). The number of ether oxygens (including phenoxy) is 1. The van der Waals surface area contributed by atoms with Crippen LogP contribution >= 0.6 is 0 Å². The van der Waals surface area contributed by atoms with E-state index < -0.39 is 26.0 Å². The van der Waals surface area contributed by atoms with Crippen molar-refractivity contribution in [1.29, 1.82) is 0 Å². The normalized spacial score (nSPS) is 14.9. The highest BCUT2D eigenvalue weighted by Gasteiger charge is 2.26. The molecule has 9 nitrogen and oxygen atoms in total. The predicted octanol–water partition coefficient (Wildman–Crippen LogP) is 2.76. The highest BCUT2D eigenvalue weighted by molar-refractivity contribution is 7.92. The number of carbonyl (C=O) groups excluding carboxylic acids is 1. The first kappa shape index (κ1) is 23.9. The van der Waals surface area contributed by atoms with Crippen LogP contribution in [0.2, 0.25) is 0 Å². The zero-order chi connectivity index (χ0) is 24.2. The molecule has 4 rings (SSSR count). The monoisotopic (exact) mass is 501 g/mol. The predicted molar refractivity (Wildman–Crippen MR) is 128 cm³/mol. The molecule has 1 amide bonds. The van der Waals surface area contributed by atoms with Gasteiger partial charge in [0.05, 0.1) is 23.0 Å². The summed E-state index contributed by atoms with van der Waals surface area (Å²) in [7, 11) is -7.34. The van der Waals surface area contributed by atoms with E-state index in [1.54, 1.807) is 18.2 Å². The fourth-order valence-corrected chi connectivity index (χ4v) is 5.84. The Morgan fingerprint density at radius 1 is 0.735 bits per heavy atom. The SMILES string of the molecule is O=C(Nc1ccc(S(=O)(=O)N2CCOCC2)cc1)c1ccc(NS(=O)(=O)c2ccccc2)cc1. The second-order valence-corrected chi connectivity index (χ2v) is 11.1. The molecule has 3 aromatic carbocycles. The van der Waals surface area contributed by atoms with Crippen LogP contribution in [0, 0.1) is 0 Å². The molecular formula is C23H23N3O6S2. The molecular weight excluding hydrogens is 478 g/mol. The van der Waals surface area contributed by atoms with Crippen LogP contribution in [0.1, 0.15) is 10.4 Å². The Morgan fingerprint density at radius 3 is 1.94 bits per heavy atom. The van der Waals surface area contributed by atoms with Gasteiger partial charge in [0.25, 0.3) is 15.9 Å². The van der Waals surface area contributed by atoms with Gasteiger partial charge in [-0.3, -0.25) is 9.52 Å². The van der Waals surface area contributed by atoms with E-state index in [9.17, 15) is 21.6 Å². The van der Waals surface area contributed by atoms with Gasteiger partial charge in [-0.1, -0.05) is 18.2 Å². The number of anilines is 2. The molecule has 1 aliphatic rings. The maximum absolute atomic E-state index is 12.7. The molecule has 1 heterocycles. The Kier molecular flexibility index (Phi) is 6.98. The van der Waals surface area contributed by atoms with Crippen LogP contribution in [0.5, 0.6) is 0 Å². The number of benzene rings is 3. The highest BCUT2D eigenvalue weighted by atomic mass is 32.2. The van der Waals surface area contributed by atoms with Crippen LogP contribution in [-0.4, -0.2) is 53.4 Å². The largest absolute Gasteiger partial charge is 0.379 e. The molecule has 178 valence electrons. The van der Waals surface area contributed by atoms with E-state index in [-0.39, 0.29) is 9.79 Å². The van der Waals surface area contributed by atoms with Gasteiger partial charge < -0.3 is 10.1 Å². The fraction of sp³-hybridized carbons (Fsp3) is 0.174. The lowest BCUT2D eigenvalue weighted by Gasteiger charge is -2.26. The molecule has 0 saturated carbocycles. The summed E-state index contributed by atoms with van der Waals surface area (Å²) in [5.41, 5.74) is 1.06. The molecule has 0 aromatic heterocycles. The number of amides is 1. The van der Waals surface area contributed by atoms with Gasteiger partial charge in [-0.05, 0) is 60.7 Å². The number of rotatable bonds is 7. The van der Waals surface area contributed by atoms with Gasteiger partial charge in [-0.15, -0.1) is 0 Å². The Bertz CT molecular complexity index is 1350. The van der Waals surface area contributed by atoms with Gasteiger partial charge in [-0.2, -0.15) is 4.31 Å². The van der Waals surface area contributed by atoms with Crippen molar-refractivity contribution in [3.63, 3.8) is 0 Å². The molecule has 34 heavy (non-hydrogen) atoms. The van der Waals surface area contributed by atoms with Crippen LogP contribution in [0.15, 0.2) is 88.7 Å². The highest BCUT2D eigenvalue weighted by Crippen LogP contribution is 2.21. The molecule has 1 aliphatic heterocycles. The molecule has 1 saturated heterocycles. The van der Waals surface area contributed by atoms with Gasteiger partial charge >= 0.3 is 0 Å². The first-order valence-electron chi connectivity index (χ1n) is 10.4. The summed E-state index contributed by atoms with van der Waals surface area (Å²) < 4.78 is 59.3. The lowest BCUT2D eigenvalue weighted by molar-refractivity contribution is 0.0730. The first-order chi connectivity index (χ1) is 16.3. The van der Waals surface area contributed by atoms with Crippen molar-refractivity contribution in [1.82, 2.24) is 4.31 Å². The summed E-state index contributed by atoms with van der Waals surface area (Å²) in [6, 6.07) is 19.9. The Balaban J connectivity index is 1.40. The minimum absolute atomic E-state index is 0.135. The molecule has 1 fully saturated rings. The summed E-state index contributed by atoms with van der Waals surface area (Å²) in [4.78, 5) is 12.8. The summed E-state index contributed by atoms with van der Waals surface area (Å²) in [5.74, 6) is -0.416. The van der Waals surface area contributed by atoms with Gasteiger partial charge in [0, 0.05) is 30.0 Å². The van der Waals surface area contributed by atoms with E-state index in [0.29, 0.717) is 43.2 Å². The third kappa shape index (κ3) is 5.45. The maximum atomic E-state index is 12.7. The van der Waals surface area contributed by atoms with Crippen molar-refractivity contribution in [2.75, 3.05) is 36.3 Å². The quantitative estimate of drug-likeness (QED) is 0.513. The number of hydrogen-bond donors (Lipinski definition) is 2. The van der Waals surface area contributed by atoms with E-state index in [4.69, 9.17) is 4.74 Å². The second kappa shape index (κ2) is 9.94. The smallest absolute Gasteiger partial charge is 0.261 e. The van der Waals surface area contributed by atoms with Crippen LogP contribution in [0.4, 0.5) is 11.4 Å². The summed E-state index contributed by atoms with van der Waals surface area (Å²) >= 11 is 0. The molecule has 11 heteroatoms. The number of hydrogen-bond acceptors (Lipinski definition) is 6. The van der Waals surface area contributed by atoms with Crippen molar-refractivity contribution >= 4 is 37.3 Å². The van der Waals surface area contributed by atoms with E-state index in [1.165, 1.54) is 65.0 Å². The minimum atomic E-state index is -3.73. The first-order valence-corrected chi connectivity index (χ1v) is 13.4. The van der Waals surface area contributed by atoms with Crippen molar-refractivity contribution in [2.45, 2.75) is 9.79 Å². The van der Waals surface area contributed by atoms with Crippen LogP contribution in [0.3, 0.4) is 0 Å². The van der Waals surface area contributed by atoms with Gasteiger partial charge in [0.1, 0.15) is 0 Å². The maximum Gasteiger partial charge on any atom is 0.261 e.